The number of hydrogen-bond acceptors (Lipinski definition) is 5. The van der Waals surface area contributed by atoms with Crippen molar-refractivity contribution in [2.75, 3.05) is 23.8 Å². The van der Waals surface area contributed by atoms with Gasteiger partial charge in [0.25, 0.3) is 0 Å². The summed E-state index contributed by atoms with van der Waals surface area (Å²) in [7, 11) is 0. The van der Waals surface area contributed by atoms with E-state index in [1.54, 1.807) is 11.8 Å². The molecule has 17 heavy (non-hydrogen) atoms. The molecule has 1 aromatic carbocycles. The standard InChI is InChI=1S/C12H18N2O2S/c1-4-15-8-5-17-12-10(14)7(3)6(2)9(13)11(12)16-8/h8H,4-5,13-14H2,1-3H3. The Bertz CT molecular complexity index is 449. The van der Waals surface area contributed by atoms with E-state index in [9.17, 15) is 0 Å². The van der Waals surface area contributed by atoms with Crippen LogP contribution in [0.15, 0.2) is 4.90 Å². The molecule has 0 aliphatic carbocycles. The number of rotatable bonds is 2. The van der Waals surface area contributed by atoms with Crippen molar-refractivity contribution in [1.82, 2.24) is 0 Å². The van der Waals surface area contributed by atoms with Gasteiger partial charge in [0, 0.05) is 6.61 Å². The van der Waals surface area contributed by atoms with Crippen molar-refractivity contribution in [3.05, 3.63) is 11.1 Å². The van der Waals surface area contributed by atoms with E-state index in [1.165, 1.54) is 0 Å². The maximum atomic E-state index is 6.10. The Morgan fingerprint density at radius 2 is 1.94 bits per heavy atom. The van der Waals surface area contributed by atoms with Crippen molar-refractivity contribution in [2.24, 2.45) is 0 Å². The molecule has 0 amide bonds. The molecule has 5 heteroatoms. The third-order valence-electron chi connectivity index (χ3n) is 3.03. The van der Waals surface area contributed by atoms with Crippen LogP contribution in [0.5, 0.6) is 5.75 Å². The minimum Gasteiger partial charge on any atom is -0.461 e. The van der Waals surface area contributed by atoms with E-state index in [-0.39, 0.29) is 6.29 Å². The van der Waals surface area contributed by atoms with Crippen molar-refractivity contribution in [2.45, 2.75) is 32.0 Å². The molecule has 1 aliphatic heterocycles. The summed E-state index contributed by atoms with van der Waals surface area (Å²) in [5, 5.41) is 0. The number of nitrogen functional groups attached to an aromatic ring is 2. The number of hydrogen-bond donors (Lipinski definition) is 2. The highest BCUT2D eigenvalue weighted by Gasteiger charge is 2.26. The van der Waals surface area contributed by atoms with Crippen LogP contribution < -0.4 is 16.2 Å². The first-order valence-corrected chi connectivity index (χ1v) is 6.64. The van der Waals surface area contributed by atoms with Gasteiger partial charge in [0.1, 0.15) is 0 Å². The van der Waals surface area contributed by atoms with Gasteiger partial charge >= 0.3 is 0 Å². The van der Waals surface area contributed by atoms with E-state index in [4.69, 9.17) is 20.9 Å². The molecule has 4 N–H and O–H groups in total. The quantitative estimate of drug-likeness (QED) is 0.793. The second-order valence-corrected chi connectivity index (χ2v) is 5.08. The largest absolute Gasteiger partial charge is 0.461 e. The fourth-order valence-electron chi connectivity index (χ4n) is 1.83. The predicted octanol–water partition coefficient (Wildman–Crippen LogP) is 2.31. The molecule has 4 nitrogen and oxygen atoms in total. The van der Waals surface area contributed by atoms with E-state index in [0.29, 0.717) is 18.0 Å². The molecule has 2 rings (SSSR count). The third kappa shape index (κ3) is 2.05. The summed E-state index contributed by atoms with van der Waals surface area (Å²) >= 11 is 1.65. The predicted molar refractivity (Wildman–Crippen MR) is 71.5 cm³/mol. The van der Waals surface area contributed by atoms with Crippen LogP contribution >= 0.6 is 11.8 Å². The Morgan fingerprint density at radius 1 is 1.29 bits per heavy atom. The summed E-state index contributed by atoms with van der Waals surface area (Å²) in [6.45, 7) is 6.51. The van der Waals surface area contributed by atoms with E-state index < -0.39 is 0 Å². The van der Waals surface area contributed by atoms with Gasteiger partial charge in [-0.3, -0.25) is 0 Å². The molecule has 0 spiro atoms. The van der Waals surface area contributed by atoms with Gasteiger partial charge in [-0.25, -0.2) is 0 Å². The second-order valence-electron chi connectivity index (χ2n) is 4.05. The van der Waals surface area contributed by atoms with Gasteiger partial charge in [-0.15, -0.1) is 11.8 Å². The topological polar surface area (TPSA) is 70.5 Å². The van der Waals surface area contributed by atoms with Crippen LogP contribution in [-0.4, -0.2) is 18.6 Å². The number of thioether (sulfide) groups is 1. The van der Waals surface area contributed by atoms with E-state index in [2.05, 4.69) is 0 Å². The Hall–Kier alpha value is -1.07. The van der Waals surface area contributed by atoms with Crippen molar-refractivity contribution >= 4 is 23.1 Å². The summed E-state index contributed by atoms with van der Waals surface area (Å²) in [6.07, 6.45) is -0.235. The first-order chi connectivity index (χ1) is 8.06. The number of ether oxygens (including phenoxy) is 2. The maximum Gasteiger partial charge on any atom is 0.209 e. The lowest BCUT2D eigenvalue weighted by molar-refractivity contribution is -0.0609. The monoisotopic (exact) mass is 254 g/mol. The zero-order chi connectivity index (χ0) is 12.6. The molecule has 0 bridgehead atoms. The van der Waals surface area contributed by atoms with Crippen molar-refractivity contribution < 1.29 is 9.47 Å². The minimum atomic E-state index is -0.235. The molecule has 1 aliphatic rings. The van der Waals surface area contributed by atoms with Gasteiger partial charge in [-0.2, -0.15) is 0 Å². The van der Waals surface area contributed by atoms with Crippen LogP contribution in [0.2, 0.25) is 0 Å². The third-order valence-corrected chi connectivity index (χ3v) is 4.16. The van der Waals surface area contributed by atoms with Gasteiger partial charge in [0.15, 0.2) is 5.75 Å². The maximum absolute atomic E-state index is 6.10. The summed E-state index contributed by atoms with van der Waals surface area (Å²) < 4.78 is 11.2. The lowest BCUT2D eigenvalue weighted by Gasteiger charge is -2.28. The SMILES string of the molecule is CCOC1CSc2c(N)c(C)c(C)c(N)c2O1. The number of fused-ring (bicyclic) bond motifs is 1. The molecule has 0 aromatic heterocycles. The summed E-state index contributed by atoms with van der Waals surface area (Å²) in [6, 6.07) is 0. The lowest BCUT2D eigenvalue weighted by Crippen LogP contribution is -2.27. The average Bonchev–Trinajstić information content (AvgIpc) is 2.34. The molecule has 0 radical (unpaired) electrons. The molecule has 1 unspecified atom stereocenters. The van der Waals surface area contributed by atoms with Crippen molar-refractivity contribution in [1.29, 1.82) is 0 Å². The van der Waals surface area contributed by atoms with Crippen LogP contribution in [0.25, 0.3) is 0 Å². The summed E-state index contributed by atoms with van der Waals surface area (Å²) in [4.78, 5) is 0.946. The summed E-state index contributed by atoms with van der Waals surface area (Å²) in [5.74, 6) is 1.42. The van der Waals surface area contributed by atoms with Crippen molar-refractivity contribution in [3.63, 3.8) is 0 Å². The molecule has 0 fully saturated rings. The van der Waals surface area contributed by atoms with Crippen LogP contribution in [0, 0.1) is 13.8 Å². The smallest absolute Gasteiger partial charge is 0.209 e. The van der Waals surface area contributed by atoms with E-state index in [0.717, 1.165) is 27.5 Å². The summed E-state index contributed by atoms with van der Waals surface area (Å²) in [5.41, 5.74) is 15.6. The lowest BCUT2D eigenvalue weighted by atomic mass is 10.1. The first kappa shape index (κ1) is 12.4. The van der Waals surface area contributed by atoms with E-state index in [1.807, 2.05) is 20.8 Å². The van der Waals surface area contributed by atoms with Gasteiger partial charge < -0.3 is 20.9 Å². The van der Waals surface area contributed by atoms with Gasteiger partial charge in [-0.05, 0) is 31.9 Å². The first-order valence-electron chi connectivity index (χ1n) is 5.65. The average molecular weight is 254 g/mol. The molecule has 1 atom stereocenters. The zero-order valence-corrected chi connectivity index (χ0v) is 11.2. The van der Waals surface area contributed by atoms with Crippen LogP contribution in [-0.2, 0) is 4.74 Å². The Labute approximate surface area is 106 Å². The van der Waals surface area contributed by atoms with Gasteiger partial charge in [0.2, 0.25) is 6.29 Å². The highest BCUT2D eigenvalue weighted by atomic mass is 32.2. The van der Waals surface area contributed by atoms with Crippen LogP contribution in [0.1, 0.15) is 18.1 Å². The van der Waals surface area contributed by atoms with Crippen LogP contribution in [0.4, 0.5) is 11.4 Å². The number of nitrogens with two attached hydrogens (primary N) is 2. The second kappa shape index (κ2) is 4.66. The fourth-order valence-corrected chi connectivity index (χ4v) is 2.90. The number of anilines is 2. The van der Waals surface area contributed by atoms with Crippen molar-refractivity contribution in [3.8, 4) is 5.75 Å². The highest BCUT2D eigenvalue weighted by molar-refractivity contribution is 7.99. The Kier molecular flexibility index (Phi) is 3.40. The Balaban J connectivity index is 2.44. The normalized spacial score (nSPS) is 18.6. The molecule has 0 saturated carbocycles. The molecule has 1 heterocycles. The minimum absolute atomic E-state index is 0.235. The van der Waals surface area contributed by atoms with Gasteiger partial charge in [0.05, 0.1) is 22.0 Å². The molecular weight excluding hydrogens is 236 g/mol. The molecular formula is C12H18N2O2S. The van der Waals surface area contributed by atoms with Gasteiger partial charge in [-0.1, -0.05) is 0 Å². The number of benzene rings is 1. The highest BCUT2D eigenvalue weighted by Crippen LogP contribution is 2.46. The molecule has 1 aromatic rings. The zero-order valence-electron chi connectivity index (χ0n) is 10.4. The van der Waals surface area contributed by atoms with Crippen LogP contribution in [0.3, 0.4) is 0 Å². The van der Waals surface area contributed by atoms with E-state index >= 15 is 0 Å². The Morgan fingerprint density at radius 3 is 2.59 bits per heavy atom. The molecule has 94 valence electrons. The fraction of sp³-hybridized carbons (Fsp3) is 0.500. The molecule has 0 saturated heterocycles.